The molecule has 0 amide bonds. The predicted octanol–water partition coefficient (Wildman–Crippen LogP) is 2.17. The minimum Gasteiger partial charge on any atom is -0.312 e. The number of sulfone groups is 1. The van der Waals surface area contributed by atoms with Crippen molar-refractivity contribution in [1.82, 2.24) is 5.32 Å². The van der Waals surface area contributed by atoms with Crippen LogP contribution in [0.25, 0.3) is 0 Å². The number of rotatable bonds is 7. The largest absolute Gasteiger partial charge is 0.312 e. The zero-order valence-electron chi connectivity index (χ0n) is 11.7. The zero-order valence-corrected chi connectivity index (χ0v) is 12.5. The molecule has 0 aliphatic rings. The van der Waals surface area contributed by atoms with Crippen LogP contribution in [0.2, 0.25) is 0 Å². The van der Waals surface area contributed by atoms with Crippen molar-refractivity contribution in [2.24, 2.45) is 0 Å². The Morgan fingerprint density at radius 1 is 1.37 bits per heavy atom. The fourth-order valence-electron chi connectivity index (χ4n) is 1.95. The van der Waals surface area contributed by atoms with E-state index in [0.717, 1.165) is 18.5 Å². The number of hydrogen-bond donors (Lipinski definition) is 1. The molecule has 0 saturated carbocycles. The molecule has 108 valence electrons. The number of hydrogen-bond acceptors (Lipinski definition) is 3. The highest BCUT2D eigenvalue weighted by molar-refractivity contribution is 7.91. The van der Waals surface area contributed by atoms with E-state index in [1.807, 2.05) is 13.0 Å². The minimum atomic E-state index is -3.12. The Labute approximate surface area is 115 Å². The van der Waals surface area contributed by atoms with Crippen molar-refractivity contribution < 1.29 is 12.8 Å². The normalized spacial score (nSPS) is 15.2. The van der Waals surface area contributed by atoms with Crippen LogP contribution in [-0.2, 0) is 16.3 Å². The SMILES string of the molecule is CCCNC(Cc1cccc(F)c1)C(C)S(C)(=O)=O. The van der Waals surface area contributed by atoms with E-state index < -0.39 is 15.1 Å². The third-order valence-electron chi connectivity index (χ3n) is 3.24. The quantitative estimate of drug-likeness (QED) is 0.836. The summed E-state index contributed by atoms with van der Waals surface area (Å²) in [6, 6.07) is 6.11. The van der Waals surface area contributed by atoms with Crippen LogP contribution in [0.3, 0.4) is 0 Å². The molecule has 3 nitrogen and oxygen atoms in total. The van der Waals surface area contributed by atoms with Gasteiger partial charge in [0.25, 0.3) is 0 Å². The fraction of sp³-hybridized carbons (Fsp3) is 0.571. The Hall–Kier alpha value is -0.940. The van der Waals surface area contributed by atoms with Crippen molar-refractivity contribution in [3.8, 4) is 0 Å². The monoisotopic (exact) mass is 287 g/mol. The van der Waals surface area contributed by atoms with Gasteiger partial charge >= 0.3 is 0 Å². The first-order chi connectivity index (χ1) is 8.84. The van der Waals surface area contributed by atoms with Gasteiger partial charge in [-0.05, 0) is 44.0 Å². The van der Waals surface area contributed by atoms with Gasteiger partial charge in [0.2, 0.25) is 0 Å². The summed E-state index contributed by atoms with van der Waals surface area (Å²) in [4.78, 5) is 0. The first-order valence-corrected chi connectivity index (χ1v) is 8.46. The van der Waals surface area contributed by atoms with Crippen molar-refractivity contribution in [3.63, 3.8) is 0 Å². The van der Waals surface area contributed by atoms with Gasteiger partial charge in [0.05, 0.1) is 5.25 Å². The molecular formula is C14H22FNO2S. The summed E-state index contributed by atoms with van der Waals surface area (Å²) in [6.45, 7) is 4.47. The van der Waals surface area contributed by atoms with Crippen LogP contribution in [0.1, 0.15) is 25.8 Å². The molecule has 1 N–H and O–H groups in total. The van der Waals surface area contributed by atoms with Crippen LogP contribution in [0.15, 0.2) is 24.3 Å². The van der Waals surface area contributed by atoms with Gasteiger partial charge in [-0.3, -0.25) is 0 Å². The van der Waals surface area contributed by atoms with Gasteiger partial charge in [-0.25, -0.2) is 12.8 Å². The standard InChI is InChI=1S/C14H22FNO2S/c1-4-8-16-14(11(2)19(3,17)18)10-12-6-5-7-13(15)9-12/h5-7,9,11,14,16H,4,8,10H2,1-3H3. The summed E-state index contributed by atoms with van der Waals surface area (Å²) in [7, 11) is -3.12. The summed E-state index contributed by atoms with van der Waals surface area (Å²) < 4.78 is 36.5. The molecule has 2 atom stereocenters. The van der Waals surface area contributed by atoms with Crippen LogP contribution in [0.5, 0.6) is 0 Å². The lowest BCUT2D eigenvalue weighted by molar-refractivity contribution is 0.481. The highest BCUT2D eigenvalue weighted by atomic mass is 32.2. The molecule has 0 fully saturated rings. The van der Waals surface area contributed by atoms with Gasteiger partial charge in [-0.1, -0.05) is 19.1 Å². The molecule has 0 bridgehead atoms. The first kappa shape index (κ1) is 16.1. The van der Waals surface area contributed by atoms with E-state index in [9.17, 15) is 12.8 Å². The summed E-state index contributed by atoms with van der Waals surface area (Å²) in [6.07, 6.45) is 2.67. The van der Waals surface area contributed by atoms with Crippen molar-refractivity contribution in [2.45, 2.75) is 38.0 Å². The van der Waals surface area contributed by atoms with Gasteiger partial charge in [0.15, 0.2) is 9.84 Å². The van der Waals surface area contributed by atoms with E-state index in [1.54, 1.807) is 13.0 Å². The van der Waals surface area contributed by atoms with Crippen molar-refractivity contribution in [3.05, 3.63) is 35.6 Å². The summed E-state index contributed by atoms with van der Waals surface area (Å²) in [5.74, 6) is -0.293. The second-order valence-electron chi connectivity index (χ2n) is 4.93. The third-order valence-corrected chi connectivity index (χ3v) is 4.92. The topological polar surface area (TPSA) is 46.2 Å². The molecule has 5 heteroatoms. The van der Waals surface area contributed by atoms with Gasteiger partial charge in [-0.2, -0.15) is 0 Å². The van der Waals surface area contributed by atoms with Gasteiger partial charge in [0.1, 0.15) is 5.82 Å². The zero-order chi connectivity index (χ0) is 14.5. The molecule has 0 saturated heterocycles. The average Bonchev–Trinajstić information content (AvgIpc) is 2.32. The Morgan fingerprint density at radius 2 is 2.05 bits per heavy atom. The summed E-state index contributed by atoms with van der Waals surface area (Å²) in [5.41, 5.74) is 0.809. The lowest BCUT2D eigenvalue weighted by Gasteiger charge is -2.24. The molecule has 1 rings (SSSR count). The molecule has 0 aliphatic carbocycles. The number of benzene rings is 1. The van der Waals surface area contributed by atoms with E-state index in [4.69, 9.17) is 0 Å². The smallest absolute Gasteiger partial charge is 0.151 e. The summed E-state index contributed by atoms with van der Waals surface area (Å²) in [5, 5.41) is 2.74. The highest BCUT2D eigenvalue weighted by Gasteiger charge is 2.25. The average molecular weight is 287 g/mol. The van der Waals surface area contributed by atoms with Crippen LogP contribution in [0, 0.1) is 5.82 Å². The second kappa shape index (κ2) is 7.01. The molecule has 0 spiro atoms. The maximum atomic E-state index is 13.2. The maximum absolute atomic E-state index is 13.2. The van der Waals surface area contributed by atoms with Crippen LogP contribution >= 0.6 is 0 Å². The number of nitrogens with one attached hydrogen (secondary N) is 1. The van der Waals surface area contributed by atoms with E-state index in [0.29, 0.717) is 6.42 Å². The van der Waals surface area contributed by atoms with Crippen LogP contribution in [-0.4, -0.2) is 32.5 Å². The van der Waals surface area contributed by atoms with Crippen molar-refractivity contribution in [2.75, 3.05) is 12.8 Å². The van der Waals surface area contributed by atoms with Crippen molar-refractivity contribution in [1.29, 1.82) is 0 Å². The predicted molar refractivity (Wildman–Crippen MR) is 76.5 cm³/mol. The van der Waals surface area contributed by atoms with Gasteiger partial charge < -0.3 is 5.32 Å². The molecule has 0 radical (unpaired) electrons. The molecular weight excluding hydrogens is 265 g/mol. The molecule has 1 aromatic rings. The molecule has 1 aromatic carbocycles. The molecule has 0 heterocycles. The van der Waals surface area contributed by atoms with E-state index in [1.165, 1.54) is 18.4 Å². The van der Waals surface area contributed by atoms with Crippen LogP contribution < -0.4 is 5.32 Å². The molecule has 0 aromatic heterocycles. The molecule has 0 aliphatic heterocycles. The Kier molecular flexibility index (Phi) is 5.94. The Bertz CT molecular complexity index is 502. The highest BCUT2D eigenvalue weighted by Crippen LogP contribution is 2.13. The molecule has 19 heavy (non-hydrogen) atoms. The van der Waals surface area contributed by atoms with E-state index in [2.05, 4.69) is 5.32 Å². The Morgan fingerprint density at radius 3 is 2.58 bits per heavy atom. The second-order valence-corrected chi connectivity index (χ2v) is 7.33. The molecule has 2 unspecified atom stereocenters. The summed E-state index contributed by atoms with van der Waals surface area (Å²) >= 11 is 0. The van der Waals surface area contributed by atoms with Gasteiger partial charge in [0, 0.05) is 12.3 Å². The van der Waals surface area contributed by atoms with Crippen molar-refractivity contribution >= 4 is 9.84 Å². The Balaban J connectivity index is 2.85. The van der Waals surface area contributed by atoms with Gasteiger partial charge in [-0.15, -0.1) is 0 Å². The van der Waals surface area contributed by atoms with E-state index in [-0.39, 0.29) is 11.9 Å². The first-order valence-electron chi connectivity index (χ1n) is 6.51. The number of halogens is 1. The van der Waals surface area contributed by atoms with Crippen LogP contribution in [0.4, 0.5) is 4.39 Å². The lowest BCUT2D eigenvalue weighted by Crippen LogP contribution is -2.44. The maximum Gasteiger partial charge on any atom is 0.151 e. The fourth-order valence-corrected chi connectivity index (χ4v) is 2.74. The van der Waals surface area contributed by atoms with E-state index >= 15 is 0 Å². The minimum absolute atomic E-state index is 0.197. The lowest BCUT2D eigenvalue weighted by atomic mass is 10.0. The third kappa shape index (κ3) is 5.28.